The number of para-hydroxylation sites is 8. The highest BCUT2D eigenvalue weighted by Gasteiger charge is 2.27. The fourth-order valence-electron chi connectivity index (χ4n) is 18.6. The summed E-state index contributed by atoms with van der Waals surface area (Å²) in [4.78, 5) is 43.3. The van der Waals surface area contributed by atoms with E-state index in [1.54, 1.807) is 0 Å². The van der Waals surface area contributed by atoms with E-state index in [4.69, 9.17) is 34.9 Å². The van der Waals surface area contributed by atoms with Crippen molar-refractivity contribution in [1.29, 1.82) is 0 Å². The zero-order valence-electron chi connectivity index (χ0n) is 70.4. The first kappa shape index (κ1) is 77.2. The van der Waals surface area contributed by atoms with Crippen LogP contribution in [-0.4, -0.2) is 67.7 Å². The van der Waals surface area contributed by atoms with Crippen molar-refractivity contribution in [2.24, 2.45) is 0 Å². The lowest BCUT2D eigenvalue weighted by Crippen LogP contribution is -2.00. The van der Waals surface area contributed by atoms with Gasteiger partial charge < -0.3 is 23.3 Å². The summed E-state index contributed by atoms with van der Waals surface area (Å²) in [6.07, 6.45) is 0. The monoisotopic (exact) mass is 1740 g/mol. The lowest BCUT2D eigenvalue weighted by molar-refractivity contribution is 1.07. The third kappa shape index (κ3) is 13.9. The lowest BCUT2D eigenvalue weighted by Gasteiger charge is -2.11. The second-order valence-corrected chi connectivity index (χ2v) is 33.3. The van der Waals surface area contributed by atoms with Crippen molar-refractivity contribution < 1.29 is 0 Å². The number of H-pyrrole nitrogens is 1. The van der Waals surface area contributed by atoms with Crippen molar-refractivity contribution >= 4 is 125 Å². The van der Waals surface area contributed by atoms with Gasteiger partial charge in [0.05, 0.1) is 66.2 Å². The molecule has 0 radical (unpaired) electrons. The molecule has 0 saturated carbocycles. The second-order valence-electron chi connectivity index (χ2n) is 32.4. The van der Waals surface area contributed by atoms with Gasteiger partial charge in [0.2, 0.25) is 0 Å². The number of hydrogen-bond acceptors (Lipinski definition) is 8. The van der Waals surface area contributed by atoms with Gasteiger partial charge in [-0.05, 0) is 158 Å². The van der Waals surface area contributed by atoms with E-state index in [1.807, 2.05) is 164 Å². The number of nitrogens with one attached hydrogen (secondary N) is 1. The van der Waals surface area contributed by atoms with Gasteiger partial charge in [0.25, 0.3) is 0 Å². The Morgan fingerprint density at radius 2 is 0.519 bits per heavy atom. The largest absolute Gasteiger partial charge is 0.338 e. The molecule has 0 aliphatic carbocycles. The molecule has 0 aliphatic rings. The summed E-state index contributed by atoms with van der Waals surface area (Å²) < 4.78 is 13.0. The minimum atomic E-state index is 0.619. The van der Waals surface area contributed by atoms with Crippen LogP contribution in [0.2, 0.25) is 0 Å². The molecule has 0 fully saturated rings. The van der Waals surface area contributed by atoms with Crippen LogP contribution in [0.5, 0.6) is 0 Å². The Kier molecular flexibility index (Phi) is 19.4. The minimum absolute atomic E-state index is 0.619. The third-order valence-electron chi connectivity index (χ3n) is 24.5. The number of aromatic amines is 1. The fraction of sp³-hybridized carbons (Fsp3) is 0. The highest BCUT2D eigenvalue weighted by molar-refractivity contribution is 9.10. The Morgan fingerprint density at radius 3 is 0.947 bits per heavy atom. The summed E-state index contributed by atoms with van der Waals surface area (Å²) in [7, 11) is 0. The molecule has 26 aromatic rings. The van der Waals surface area contributed by atoms with Gasteiger partial charge >= 0.3 is 0 Å². The van der Waals surface area contributed by atoms with Crippen molar-refractivity contribution in [1.82, 2.24) is 67.7 Å². The highest BCUT2D eigenvalue weighted by atomic mass is 79.9. The summed E-state index contributed by atoms with van der Waals surface area (Å²) in [5.74, 6) is 5.64. The van der Waals surface area contributed by atoms with Gasteiger partial charge in [0.15, 0.2) is 34.9 Å². The molecule has 131 heavy (non-hydrogen) atoms. The van der Waals surface area contributed by atoms with E-state index in [0.29, 0.717) is 34.9 Å². The summed E-state index contributed by atoms with van der Waals surface area (Å²) in [5.41, 5.74) is 26.4. The molecule has 15 heteroatoms. The van der Waals surface area contributed by atoms with E-state index < -0.39 is 0 Å². The van der Waals surface area contributed by atoms with E-state index in [-0.39, 0.29) is 0 Å². The molecule has 0 aliphatic heterocycles. The molecule has 18 aromatic carbocycles. The molecule has 14 nitrogen and oxygen atoms in total. The standard InChI is InChI=1S/C58H37N7.C45H28BrN5.C13H10N2/c1-6-18-38(19-7-1)55-60-56(39-20-8-2-9-21-39)62-57(61-55)41-30-33-49-46(36-41)45-32-35-52-53(54(45)64(49)43-26-14-5-15-27-43)47-37-44(31-34-50(47)63(52)42-24-12-4-13-25-42)65-51-29-17-16-28-48(51)59-58(65)40-22-10-3-11-23-40;46-32-22-25-39-37(28-32)41-40(50(39)33-17-9-3-10-18-33)26-23-35-36-27-31(21-24-38(36)51(42(35)41)34-19-11-4-12-20-34)45-48-43(29-13-5-1-6-14-29)47-44(49-45)30-15-7-2-8-16-30;1-2-6-10(7-3-1)13-14-11-8-4-5-9-12(11)15-13/h1-37H;1-28H;1-9H,(H,14,15). The van der Waals surface area contributed by atoms with Crippen LogP contribution in [0, 0.1) is 0 Å². The molecular weight excluding hydrogens is 1670 g/mol. The Balaban J connectivity index is 0.000000127. The molecule has 616 valence electrons. The predicted molar refractivity (Wildman–Crippen MR) is 539 cm³/mol. The maximum Gasteiger partial charge on any atom is 0.164 e. The molecule has 26 rings (SSSR count). The van der Waals surface area contributed by atoms with Crippen LogP contribution in [0.25, 0.3) is 229 Å². The Hall–Kier alpha value is -17.4. The first-order valence-electron chi connectivity index (χ1n) is 43.7. The maximum atomic E-state index is 5.20. The number of imidazole rings is 2. The topological polar surface area (TPSA) is 144 Å². The van der Waals surface area contributed by atoms with Gasteiger partial charge in [-0.2, -0.15) is 0 Å². The molecule has 0 amide bonds. The summed E-state index contributed by atoms with van der Waals surface area (Å²) in [5, 5.41) is 9.22. The molecule has 8 heterocycles. The smallest absolute Gasteiger partial charge is 0.164 e. The van der Waals surface area contributed by atoms with Gasteiger partial charge in [0, 0.05) is 121 Å². The first-order chi connectivity index (χ1) is 64.9. The van der Waals surface area contributed by atoms with Gasteiger partial charge in [-0.25, -0.2) is 39.9 Å². The van der Waals surface area contributed by atoms with Crippen LogP contribution < -0.4 is 0 Å². The van der Waals surface area contributed by atoms with E-state index in [9.17, 15) is 0 Å². The van der Waals surface area contributed by atoms with Crippen LogP contribution >= 0.6 is 15.9 Å². The normalized spacial score (nSPS) is 11.5. The molecule has 0 unspecified atom stereocenters. The first-order valence-corrected chi connectivity index (χ1v) is 44.4. The zero-order chi connectivity index (χ0) is 86.8. The Morgan fingerprint density at radius 1 is 0.191 bits per heavy atom. The number of fused-ring (bicyclic) bond motifs is 16. The van der Waals surface area contributed by atoms with Crippen molar-refractivity contribution in [2.45, 2.75) is 0 Å². The van der Waals surface area contributed by atoms with Crippen LogP contribution in [0.15, 0.2) is 453 Å². The molecule has 0 atom stereocenters. The lowest BCUT2D eigenvalue weighted by atomic mass is 10.1. The van der Waals surface area contributed by atoms with Crippen LogP contribution in [-0.2, 0) is 0 Å². The van der Waals surface area contributed by atoms with Crippen molar-refractivity contribution in [3.05, 3.63) is 453 Å². The molecular formula is C116H75BrN14. The summed E-state index contributed by atoms with van der Waals surface area (Å²) in [6.45, 7) is 0. The number of aromatic nitrogens is 14. The second kappa shape index (κ2) is 32.9. The summed E-state index contributed by atoms with van der Waals surface area (Å²) >= 11 is 3.79. The van der Waals surface area contributed by atoms with Gasteiger partial charge in [-0.3, -0.25) is 4.57 Å². The van der Waals surface area contributed by atoms with E-state index >= 15 is 0 Å². The fourth-order valence-corrected chi connectivity index (χ4v) is 19.0. The van der Waals surface area contributed by atoms with Crippen molar-refractivity contribution in [3.63, 3.8) is 0 Å². The average molecular weight is 1740 g/mol. The SMILES string of the molecule is Brc1ccc2c(c1)c1c(ccc3c4cc(-c5nc(-c6ccccc6)nc(-c6ccccc6)n5)ccc4n(-c4ccccc4)c31)n2-c1ccccc1.c1ccc(-c2nc(-c3ccccc3)nc(-c3ccc4c(c3)c3ccc5c(c6cc(-n7c(-c8ccccc8)nc8ccccc87)ccc6n5-c5ccccc5)c3n4-c3ccccc3)n2)cc1.c1ccc(-c2nc3ccccc3[nH]2)cc1. The van der Waals surface area contributed by atoms with Crippen LogP contribution in [0.1, 0.15) is 0 Å². The Bertz CT molecular complexity index is 8660. The quantitative estimate of drug-likeness (QED) is 0.120. The van der Waals surface area contributed by atoms with Crippen LogP contribution in [0.3, 0.4) is 0 Å². The van der Waals surface area contributed by atoms with E-state index in [1.165, 1.54) is 10.8 Å². The maximum absolute atomic E-state index is 5.20. The molecule has 8 aromatic heterocycles. The number of hydrogen-bond donors (Lipinski definition) is 1. The molecule has 0 spiro atoms. The van der Waals surface area contributed by atoms with Gasteiger partial charge in [0.1, 0.15) is 11.6 Å². The van der Waals surface area contributed by atoms with Gasteiger partial charge in [-0.15, -0.1) is 0 Å². The predicted octanol–water partition coefficient (Wildman–Crippen LogP) is 29.1. The number of benzene rings is 18. The number of halogens is 1. The number of rotatable bonds is 13. The molecule has 0 bridgehead atoms. The number of nitrogens with zero attached hydrogens (tertiary/aromatic N) is 13. The minimum Gasteiger partial charge on any atom is -0.338 e. The zero-order valence-corrected chi connectivity index (χ0v) is 72.0. The van der Waals surface area contributed by atoms with E-state index in [0.717, 1.165) is 188 Å². The molecule has 0 saturated heterocycles. The van der Waals surface area contributed by atoms with E-state index in [2.05, 4.69) is 334 Å². The average Bonchev–Trinajstić information content (AvgIpc) is 1.54. The van der Waals surface area contributed by atoms with Crippen molar-refractivity contribution in [2.75, 3.05) is 0 Å². The van der Waals surface area contributed by atoms with Gasteiger partial charge in [-0.1, -0.05) is 307 Å². The molecule has 1 N–H and O–H groups in total. The highest BCUT2D eigenvalue weighted by Crippen LogP contribution is 2.47. The summed E-state index contributed by atoms with van der Waals surface area (Å²) in [6, 6.07) is 156. The van der Waals surface area contributed by atoms with Crippen molar-refractivity contribution in [3.8, 4) is 120 Å². The third-order valence-corrected chi connectivity index (χ3v) is 25.0. The van der Waals surface area contributed by atoms with Crippen LogP contribution in [0.4, 0.5) is 0 Å². The Labute approximate surface area is 760 Å².